The highest BCUT2D eigenvalue weighted by molar-refractivity contribution is 7.99. The molecular weight excluding hydrogens is 336 g/mol. The summed E-state index contributed by atoms with van der Waals surface area (Å²) in [5.74, 6) is 0.624. The van der Waals surface area contributed by atoms with Crippen LogP contribution in [-0.4, -0.2) is 19.1 Å². The molecule has 2 aromatic heterocycles. The highest BCUT2D eigenvalue weighted by Crippen LogP contribution is 2.35. The SMILES string of the molecule is CCc1nc(S[C@@H](C)c2ccccc2)c2c(=O)n(C)c(=O)n(C)c2n1. The fourth-order valence-corrected chi connectivity index (χ4v) is 3.76. The lowest BCUT2D eigenvalue weighted by atomic mass is 10.2. The molecule has 0 aliphatic heterocycles. The van der Waals surface area contributed by atoms with Crippen molar-refractivity contribution in [1.29, 1.82) is 0 Å². The van der Waals surface area contributed by atoms with E-state index in [2.05, 4.69) is 29.0 Å². The summed E-state index contributed by atoms with van der Waals surface area (Å²) in [7, 11) is 3.11. The zero-order valence-corrected chi connectivity index (χ0v) is 15.5. The molecule has 2 heterocycles. The van der Waals surface area contributed by atoms with E-state index in [0.717, 1.165) is 10.1 Å². The van der Waals surface area contributed by atoms with Crippen molar-refractivity contribution in [2.24, 2.45) is 14.1 Å². The molecule has 0 fully saturated rings. The Bertz CT molecular complexity index is 1040. The molecule has 0 aliphatic rings. The molecule has 0 amide bonds. The molecule has 130 valence electrons. The normalized spacial score (nSPS) is 12.5. The van der Waals surface area contributed by atoms with Crippen LogP contribution in [0.2, 0.25) is 0 Å². The first kappa shape index (κ1) is 17.4. The highest BCUT2D eigenvalue weighted by atomic mass is 32.2. The Hall–Kier alpha value is -2.41. The lowest BCUT2D eigenvalue weighted by Crippen LogP contribution is -2.37. The molecule has 0 radical (unpaired) electrons. The van der Waals surface area contributed by atoms with E-state index in [1.54, 1.807) is 7.05 Å². The summed E-state index contributed by atoms with van der Waals surface area (Å²) < 4.78 is 2.52. The summed E-state index contributed by atoms with van der Waals surface area (Å²) in [6.45, 7) is 4.03. The third kappa shape index (κ3) is 3.11. The van der Waals surface area contributed by atoms with Gasteiger partial charge in [-0.15, -0.1) is 0 Å². The standard InChI is InChI=1S/C18H20N4O2S/c1-5-13-19-15-14(17(23)22(4)18(24)21(15)3)16(20-13)25-11(2)12-9-7-6-8-10-12/h6-11H,5H2,1-4H3/t11-/m0/s1. The van der Waals surface area contributed by atoms with Crippen LogP contribution in [-0.2, 0) is 20.5 Å². The Morgan fingerprint density at radius 3 is 2.40 bits per heavy atom. The Morgan fingerprint density at radius 1 is 1.08 bits per heavy atom. The number of fused-ring (bicyclic) bond motifs is 1. The number of nitrogens with zero attached hydrogens (tertiary/aromatic N) is 4. The van der Waals surface area contributed by atoms with Gasteiger partial charge >= 0.3 is 5.69 Å². The van der Waals surface area contributed by atoms with Gasteiger partial charge in [-0.05, 0) is 12.5 Å². The highest BCUT2D eigenvalue weighted by Gasteiger charge is 2.19. The van der Waals surface area contributed by atoms with Crippen molar-refractivity contribution >= 4 is 22.8 Å². The second-order valence-electron chi connectivity index (χ2n) is 5.87. The third-order valence-electron chi connectivity index (χ3n) is 4.19. The van der Waals surface area contributed by atoms with Crippen molar-refractivity contribution in [3.8, 4) is 0 Å². The number of rotatable bonds is 4. The number of benzene rings is 1. The van der Waals surface area contributed by atoms with Crippen molar-refractivity contribution in [1.82, 2.24) is 19.1 Å². The van der Waals surface area contributed by atoms with Gasteiger partial charge in [0.05, 0.1) is 0 Å². The van der Waals surface area contributed by atoms with Gasteiger partial charge in [-0.3, -0.25) is 13.9 Å². The van der Waals surface area contributed by atoms with Crippen LogP contribution in [0.5, 0.6) is 0 Å². The second-order valence-corrected chi connectivity index (χ2v) is 7.20. The summed E-state index contributed by atoms with van der Waals surface area (Å²) >= 11 is 1.51. The maximum atomic E-state index is 12.7. The molecule has 0 bridgehead atoms. The van der Waals surface area contributed by atoms with Gasteiger partial charge in [-0.25, -0.2) is 14.8 Å². The second kappa shape index (κ2) is 6.84. The fraction of sp³-hybridized carbons (Fsp3) is 0.333. The van der Waals surface area contributed by atoms with E-state index in [-0.39, 0.29) is 16.5 Å². The van der Waals surface area contributed by atoms with Crippen LogP contribution < -0.4 is 11.2 Å². The van der Waals surface area contributed by atoms with E-state index in [1.807, 2.05) is 25.1 Å². The molecule has 0 N–H and O–H groups in total. The Labute approximate surface area is 149 Å². The Kier molecular flexibility index (Phi) is 4.76. The van der Waals surface area contributed by atoms with Crippen LogP contribution in [0.3, 0.4) is 0 Å². The molecule has 1 aromatic carbocycles. The number of aromatic nitrogens is 4. The molecule has 25 heavy (non-hydrogen) atoms. The summed E-state index contributed by atoms with van der Waals surface area (Å²) in [4.78, 5) is 33.9. The lowest BCUT2D eigenvalue weighted by Gasteiger charge is -2.15. The van der Waals surface area contributed by atoms with E-state index in [1.165, 1.54) is 23.4 Å². The Morgan fingerprint density at radius 2 is 1.76 bits per heavy atom. The maximum absolute atomic E-state index is 12.7. The van der Waals surface area contributed by atoms with Crippen LogP contribution in [0.1, 0.15) is 30.5 Å². The summed E-state index contributed by atoms with van der Waals surface area (Å²) in [6, 6.07) is 10.1. The zero-order chi connectivity index (χ0) is 18.1. The van der Waals surface area contributed by atoms with Crippen molar-refractivity contribution < 1.29 is 0 Å². The van der Waals surface area contributed by atoms with Gasteiger partial charge in [0.2, 0.25) is 0 Å². The summed E-state index contributed by atoms with van der Waals surface area (Å²) in [6.07, 6.45) is 0.632. The predicted octanol–water partition coefficient (Wildman–Crippen LogP) is 2.44. The molecule has 0 aliphatic carbocycles. The topological polar surface area (TPSA) is 69.8 Å². The van der Waals surface area contributed by atoms with E-state index in [0.29, 0.717) is 28.3 Å². The first-order valence-corrected chi connectivity index (χ1v) is 9.00. The van der Waals surface area contributed by atoms with Crippen LogP contribution >= 0.6 is 11.8 Å². The molecule has 0 spiro atoms. The van der Waals surface area contributed by atoms with Gasteiger partial charge < -0.3 is 0 Å². The average molecular weight is 356 g/mol. The molecule has 3 aromatic rings. The van der Waals surface area contributed by atoms with E-state index in [4.69, 9.17) is 0 Å². The smallest absolute Gasteiger partial charge is 0.280 e. The predicted molar refractivity (Wildman–Crippen MR) is 100 cm³/mol. The largest absolute Gasteiger partial charge is 0.332 e. The van der Waals surface area contributed by atoms with Gasteiger partial charge in [-0.1, -0.05) is 49.0 Å². The first-order valence-electron chi connectivity index (χ1n) is 8.12. The van der Waals surface area contributed by atoms with Crippen LogP contribution in [0.15, 0.2) is 44.9 Å². The van der Waals surface area contributed by atoms with Crippen molar-refractivity contribution in [3.05, 3.63) is 62.6 Å². The quantitative estimate of drug-likeness (QED) is 0.530. The van der Waals surface area contributed by atoms with Crippen molar-refractivity contribution in [2.75, 3.05) is 0 Å². The molecule has 1 atom stereocenters. The summed E-state index contributed by atoms with van der Waals surface area (Å²) in [5, 5.41) is 1.13. The number of hydrogen-bond donors (Lipinski definition) is 0. The molecule has 3 rings (SSSR count). The first-order chi connectivity index (χ1) is 11.9. The average Bonchev–Trinajstić information content (AvgIpc) is 2.64. The minimum Gasteiger partial charge on any atom is -0.280 e. The van der Waals surface area contributed by atoms with Gasteiger partial charge in [0.25, 0.3) is 5.56 Å². The molecule has 0 saturated heterocycles. The fourth-order valence-electron chi connectivity index (χ4n) is 2.67. The van der Waals surface area contributed by atoms with Gasteiger partial charge in [0.15, 0.2) is 5.65 Å². The molecule has 7 heteroatoms. The van der Waals surface area contributed by atoms with Gasteiger partial charge in [-0.2, -0.15) is 0 Å². The van der Waals surface area contributed by atoms with Crippen molar-refractivity contribution in [3.63, 3.8) is 0 Å². The van der Waals surface area contributed by atoms with Crippen molar-refractivity contribution in [2.45, 2.75) is 30.5 Å². The third-order valence-corrected chi connectivity index (χ3v) is 5.33. The molecular formula is C18H20N4O2S. The monoisotopic (exact) mass is 356 g/mol. The van der Waals surface area contributed by atoms with E-state index < -0.39 is 0 Å². The zero-order valence-electron chi connectivity index (χ0n) is 14.7. The van der Waals surface area contributed by atoms with E-state index in [9.17, 15) is 9.59 Å². The molecule has 0 saturated carbocycles. The molecule has 6 nitrogen and oxygen atoms in total. The van der Waals surface area contributed by atoms with Crippen LogP contribution in [0.25, 0.3) is 11.0 Å². The van der Waals surface area contributed by atoms with E-state index >= 15 is 0 Å². The minimum absolute atomic E-state index is 0.117. The number of thioether (sulfide) groups is 1. The maximum Gasteiger partial charge on any atom is 0.332 e. The van der Waals surface area contributed by atoms with Gasteiger partial charge in [0, 0.05) is 25.8 Å². The number of hydrogen-bond acceptors (Lipinski definition) is 5. The minimum atomic E-state index is -0.384. The van der Waals surface area contributed by atoms with Gasteiger partial charge in [0.1, 0.15) is 16.2 Å². The summed E-state index contributed by atoms with van der Waals surface area (Å²) in [5.41, 5.74) is 0.801. The lowest BCUT2D eigenvalue weighted by molar-refractivity contribution is 0.698. The molecule has 0 unspecified atom stereocenters. The number of aryl methyl sites for hydroxylation is 2. The Balaban J connectivity index is 2.23. The van der Waals surface area contributed by atoms with Crippen LogP contribution in [0.4, 0.5) is 0 Å². The van der Waals surface area contributed by atoms with Crippen LogP contribution in [0, 0.1) is 0 Å².